The predicted octanol–water partition coefficient (Wildman–Crippen LogP) is 1.29. The second kappa shape index (κ2) is 3.83. The van der Waals surface area contributed by atoms with Crippen LogP contribution in [0.4, 0.5) is 5.69 Å². The van der Waals surface area contributed by atoms with Gasteiger partial charge in [-0.3, -0.25) is 0 Å². The van der Waals surface area contributed by atoms with Crippen LogP contribution >= 0.6 is 15.9 Å². The summed E-state index contributed by atoms with van der Waals surface area (Å²) in [5, 5.41) is 8.89. The van der Waals surface area contributed by atoms with Crippen molar-refractivity contribution in [2.45, 2.75) is 6.04 Å². The fraction of sp³-hybridized carbons (Fsp3) is 0.300. The van der Waals surface area contributed by atoms with Crippen LogP contribution in [0, 0.1) is 0 Å². The second-order valence-electron chi connectivity index (χ2n) is 3.67. The van der Waals surface area contributed by atoms with Gasteiger partial charge in [0.25, 0.3) is 0 Å². The van der Waals surface area contributed by atoms with E-state index in [-0.39, 0.29) is 6.04 Å². The van der Waals surface area contributed by atoms with Crippen molar-refractivity contribution in [2.24, 2.45) is 5.73 Å². The zero-order valence-electron chi connectivity index (χ0n) is 7.98. The van der Waals surface area contributed by atoms with E-state index in [0.717, 1.165) is 23.2 Å². The average Bonchev–Trinajstić information content (AvgIpc) is 2.12. The second-order valence-corrected chi connectivity index (χ2v) is 4.58. The summed E-state index contributed by atoms with van der Waals surface area (Å²) in [6, 6.07) is 5.36. The Morgan fingerprint density at radius 3 is 2.67 bits per heavy atom. The third kappa shape index (κ3) is 2.13. The van der Waals surface area contributed by atoms with E-state index in [1.807, 2.05) is 6.07 Å². The van der Waals surface area contributed by atoms with Gasteiger partial charge in [-0.1, -0.05) is 15.9 Å². The lowest BCUT2D eigenvalue weighted by Crippen LogP contribution is -2.55. The third-order valence-electron chi connectivity index (χ3n) is 2.40. The fourth-order valence-corrected chi connectivity index (χ4v) is 2.08. The molecule has 0 spiro atoms. The van der Waals surface area contributed by atoms with Crippen molar-refractivity contribution in [2.75, 3.05) is 18.0 Å². The van der Waals surface area contributed by atoms with E-state index in [4.69, 9.17) is 10.8 Å². The molecule has 3 N–H and O–H groups in total. The number of aromatic carboxylic acids is 1. The number of carboxylic acids is 1. The van der Waals surface area contributed by atoms with Crippen molar-refractivity contribution >= 4 is 27.6 Å². The van der Waals surface area contributed by atoms with E-state index in [1.165, 1.54) is 0 Å². The molecule has 1 heterocycles. The van der Waals surface area contributed by atoms with Crippen LogP contribution in [0.15, 0.2) is 22.7 Å². The number of rotatable bonds is 2. The van der Waals surface area contributed by atoms with Crippen LogP contribution in [-0.2, 0) is 0 Å². The lowest BCUT2D eigenvalue weighted by atomic mass is 10.1. The molecule has 1 fully saturated rings. The maximum atomic E-state index is 10.8. The average molecular weight is 271 g/mol. The molecule has 4 nitrogen and oxygen atoms in total. The summed E-state index contributed by atoms with van der Waals surface area (Å²) in [5.41, 5.74) is 6.87. The molecule has 0 bridgehead atoms. The molecular weight excluding hydrogens is 260 g/mol. The van der Waals surface area contributed by atoms with Gasteiger partial charge >= 0.3 is 5.97 Å². The number of anilines is 1. The number of nitrogens with two attached hydrogens (primary N) is 1. The Morgan fingerprint density at radius 2 is 2.13 bits per heavy atom. The van der Waals surface area contributed by atoms with Gasteiger partial charge in [0.05, 0.1) is 5.56 Å². The summed E-state index contributed by atoms with van der Waals surface area (Å²) in [6.45, 7) is 1.57. The van der Waals surface area contributed by atoms with Crippen molar-refractivity contribution in [3.05, 3.63) is 28.2 Å². The van der Waals surface area contributed by atoms with E-state index in [1.54, 1.807) is 12.1 Å². The highest BCUT2D eigenvalue weighted by atomic mass is 79.9. The number of nitrogens with zero attached hydrogens (tertiary/aromatic N) is 1. The molecule has 1 saturated heterocycles. The molecule has 0 atom stereocenters. The van der Waals surface area contributed by atoms with Crippen molar-refractivity contribution in [3.63, 3.8) is 0 Å². The maximum Gasteiger partial charge on any atom is 0.335 e. The topological polar surface area (TPSA) is 66.6 Å². The van der Waals surface area contributed by atoms with Crippen LogP contribution in [0.2, 0.25) is 0 Å². The molecule has 15 heavy (non-hydrogen) atoms. The van der Waals surface area contributed by atoms with E-state index >= 15 is 0 Å². The normalized spacial score (nSPS) is 16.3. The molecule has 0 radical (unpaired) electrons. The van der Waals surface area contributed by atoms with Crippen molar-refractivity contribution < 1.29 is 9.90 Å². The smallest absolute Gasteiger partial charge is 0.335 e. The van der Waals surface area contributed by atoms with Crippen LogP contribution in [0.5, 0.6) is 0 Å². The largest absolute Gasteiger partial charge is 0.478 e. The maximum absolute atomic E-state index is 10.8. The summed E-state index contributed by atoms with van der Waals surface area (Å²) in [6.07, 6.45) is 0. The zero-order valence-corrected chi connectivity index (χ0v) is 9.57. The minimum Gasteiger partial charge on any atom is -0.478 e. The molecule has 5 heteroatoms. The highest BCUT2D eigenvalue weighted by Crippen LogP contribution is 2.26. The quantitative estimate of drug-likeness (QED) is 0.850. The number of hydrogen-bond donors (Lipinski definition) is 2. The van der Waals surface area contributed by atoms with Crippen LogP contribution in [0.1, 0.15) is 10.4 Å². The van der Waals surface area contributed by atoms with E-state index in [0.29, 0.717) is 5.56 Å². The third-order valence-corrected chi connectivity index (χ3v) is 2.86. The number of carboxylic acid groups (broad SMARTS) is 1. The fourth-order valence-electron chi connectivity index (χ4n) is 1.60. The van der Waals surface area contributed by atoms with Crippen LogP contribution in [0.3, 0.4) is 0 Å². The van der Waals surface area contributed by atoms with Gasteiger partial charge in [-0.2, -0.15) is 0 Å². The van der Waals surface area contributed by atoms with Gasteiger partial charge in [0, 0.05) is 29.3 Å². The standard InChI is InChI=1S/C10H11BrN2O2/c11-7-1-6(10(14)15)2-9(3-7)13-4-8(12)5-13/h1-3,8H,4-5,12H2,(H,14,15). The predicted molar refractivity (Wildman–Crippen MR) is 61.3 cm³/mol. The summed E-state index contributed by atoms with van der Waals surface area (Å²) >= 11 is 3.30. The Bertz CT molecular complexity index is 402. The van der Waals surface area contributed by atoms with Crippen LogP contribution in [0.25, 0.3) is 0 Å². The highest BCUT2D eigenvalue weighted by Gasteiger charge is 2.24. The SMILES string of the molecule is NC1CN(c2cc(Br)cc(C(=O)O)c2)C1. The highest BCUT2D eigenvalue weighted by molar-refractivity contribution is 9.10. The molecule has 1 aromatic rings. The van der Waals surface area contributed by atoms with Crippen molar-refractivity contribution in [1.29, 1.82) is 0 Å². The Labute approximate surface area is 95.8 Å². The van der Waals surface area contributed by atoms with E-state index in [2.05, 4.69) is 20.8 Å². The van der Waals surface area contributed by atoms with Gasteiger partial charge in [-0.05, 0) is 18.2 Å². The first-order valence-corrected chi connectivity index (χ1v) is 5.40. The van der Waals surface area contributed by atoms with E-state index < -0.39 is 5.97 Å². The van der Waals surface area contributed by atoms with Crippen molar-refractivity contribution in [1.82, 2.24) is 0 Å². The molecule has 0 saturated carbocycles. The summed E-state index contributed by atoms with van der Waals surface area (Å²) < 4.78 is 0.776. The molecule has 0 unspecified atom stereocenters. The lowest BCUT2D eigenvalue weighted by Gasteiger charge is -2.39. The summed E-state index contributed by atoms with van der Waals surface area (Å²) in [7, 11) is 0. The Balaban J connectivity index is 2.28. The molecule has 1 aliphatic rings. The van der Waals surface area contributed by atoms with Gasteiger partial charge in [0.2, 0.25) is 0 Å². The van der Waals surface area contributed by atoms with Gasteiger partial charge < -0.3 is 15.7 Å². The first-order valence-electron chi connectivity index (χ1n) is 4.60. The summed E-state index contributed by atoms with van der Waals surface area (Å²) in [5.74, 6) is -0.914. The Morgan fingerprint density at radius 1 is 1.47 bits per heavy atom. The Kier molecular flexibility index (Phi) is 2.67. The summed E-state index contributed by atoms with van der Waals surface area (Å²) in [4.78, 5) is 12.9. The van der Waals surface area contributed by atoms with Gasteiger partial charge in [0.15, 0.2) is 0 Å². The zero-order chi connectivity index (χ0) is 11.0. The van der Waals surface area contributed by atoms with Crippen LogP contribution < -0.4 is 10.6 Å². The molecular formula is C10H11BrN2O2. The number of halogens is 1. The molecule has 0 aromatic heterocycles. The molecule has 2 rings (SSSR count). The first kappa shape index (κ1) is 10.4. The Hall–Kier alpha value is -1.07. The van der Waals surface area contributed by atoms with Crippen molar-refractivity contribution in [3.8, 4) is 0 Å². The van der Waals surface area contributed by atoms with Crippen LogP contribution in [-0.4, -0.2) is 30.2 Å². The van der Waals surface area contributed by atoms with Gasteiger partial charge in [-0.25, -0.2) is 4.79 Å². The van der Waals surface area contributed by atoms with E-state index in [9.17, 15) is 4.79 Å². The number of benzene rings is 1. The number of carbonyl (C=O) groups is 1. The minimum absolute atomic E-state index is 0.206. The van der Waals surface area contributed by atoms with Gasteiger partial charge in [-0.15, -0.1) is 0 Å². The lowest BCUT2D eigenvalue weighted by molar-refractivity contribution is 0.0697. The van der Waals surface area contributed by atoms with Gasteiger partial charge in [0.1, 0.15) is 0 Å². The minimum atomic E-state index is -0.914. The first-order chi connectivity index (χ1) is 7.06. The molecule has 1 aromatic carbocycles. The molecule has 0 amide bonds. The molecule has 80 valence electrons. The molecule has 0 aliphatic carbocycles. The molecule has 1 aliphatic heterocycles. The number of hydrogen-bond acceptors (Lipinski definition) is 3. The monoisotopic (exact) mass is 270 g/mol.